The van der Waals surface area contributed by atoms with Crippen LogP contribution in [0.4, 0.5) is 5.69 Å². The van der Waals surface area contributed by atoms with E-state index in [9.17, 15) is 18.0 Å². The molecule has 4 aromatic rings. The molecule has 242 valence electrons. The first kappa shape index (κ1) is 34.2. The van der Waals surface area contributed by atoms with Crippen molar-refractivity contribution in [2.24, 2.45) is 0 Å². The Morgan fingerprint density at radius 1 is 0.826 bits per heavy atom. The molecule has 0 aromatic heterocycles. The zero-order valence-electron chi connectivity index (χ0n) is 27.1. The van der Waals surface area contributed by atoms with E-state index >= 15 is 0 Å². The maximum absolute atomic E-state index is 14.6. The first-order chi connectivity index (χ1) is 22.0. The fourth-order valence-corrected chi connectivity index (χ4v) is 6.42. The Morgan fingerprint density at radius 3 is 2.07 bits per heavy atom. The Morgan fingerprint density at radius 2 is 1.46 bits per heavy atom. The number of nitrogens with zero attached hydrogens (tertiary/aromatic N) is 2. The predicted molar refractivity (Wildman–Crippen MR) is 182 cm³/mol. The van der Waals surface area contributed by atoms with Gasteiger partial charge >= 0.3 is 0 Å². The lowest BCUT2D eigenvalue weighted by Crippen LogP contribution is -2.54. The molecule has 2 amide bonds. The average molecular weight is 642 g/mol. The molecule has 0 fully saturated rings. The third kappa shape index (κ3) is 8.75. The van der Waals surface area contributed by atoms with Crippen molar-refractivity contribution in [3.05, 3.63) is 125 Å². The summed E-state index contributed by atoms with van der Waals surface area (Å²) < 4.78 is 34.9. The van der Waals surface area contributed by atoms with Crippen molar-refractivity contribution in [2.45, 2.75) is 64.1 Å². The van der Waals surface area contributed by atoms with Crippen LogP contribution in [0.2, 0.25) is 0 Å². The highest BCUT2D eigenvalue weighted by atomic mass is 32.2. The second kappa shape index (κ2) is 15.6. The van der Waals surface area contributed by atoms with Crippen molar-refractivity contribution in [1.29, 1.82) is 0 Å². The first-order valence-electron chi connectivity index (χ1n) is 15.4. The molecule has 0 bridgehead atoms. The molecule has 0 aliphatic carbocycles. The number of ether oxygens (including phenoxy) is 1. The zero-order chi connectivity index (χ0) is 33.3. The van der Waals surface area contributed by atoms with Crippen molar-refractivity contribution in [2.75, 3.05) is 18.0 Å². The van der Waals surface area contributed by atoms with Crippen molar-refractivity contribution in [1.82, 2.24) is 10.2 Å². The van der Waals surface area contributed by atoms with Crippen LogP contribution in [0.15, 0.2) is 108 Å². The standard InChI is InChI=1S/C37H43N3O5S/c1-6-29(4)38-37(42)35(23-30-11-8-7-9-12-30)39(25-31-19-15-27(2)16-20-31)36(41)26-40(32-13-10-14-33(24-32)45-5)46(43,44)34-21-17-28(3)18-22-34/h7-22,24,29,35H,6,23,25-26H2,1-5H3,(H,38,42)/t29-,35+/m0/s1. The van der Waals surface area contributed by atoms with Crippen LogP contribution in [-0.4, -0.2) is 50.9 Å². The molecule has 0 radical (unpaired) electrons. The van der Waals surface area contributed by atoms with E-state index in [0.717, 1.165) is 26.6 Å². The Hall–Kier alpha value is -4.63. The highest BCUT2D eigenvalue weighted by Gasteiger charge is 2.35. The SMILES string of the molecule is CC[C@H](C)NC(=O)[C@@H](Cc1ccccc1)N(Cc1ccc(C)cc1)C(=O)CN(c1cccc(OC)c1)S(=O)(=O)c1ccc(C)cc1. The topological polar surface area (TPSA) is 96.0 Å². The van der Waals surface area contributed by atoms with E-state index < -0.39 is 28.5 Å². The maximum atomic E-state index is 14.6. The van der Waals surface area contributed by atoms with Gasteiger partial charge in [-0.15, -0.1) is 0 Å². The lowest BCUT2D eigenvalue weighted by Gasteiger charge is -2.34. The molecule has 0 aliphatic heterocycles. The van der Waals surface area contributed by atoms with E-state index in [4.69, 9.17) is 4.74 Å². The van der Waals surface area contributed by atoms with Crippen LogP contribution in [0.1, 0.15) is 42.5 Å². The number of sulfonamides is 1. The molecule has 2 atom stereocenters. The Kier molecular flexibility index (Phi) is 11.6. The van der Waals surface area contributed by atoms with E-state index in [-0.39, 0.29) is 35.5 Å². The maximum Gasteiger partial charge on any atom is 0.264 e. The smallest absolute Gasteiger partial charge is 0.264 e. The van der Waals surface area contributed by atoms with Gasteiger partial charge in [0.15, 0.2) is 0 Å². The number of rotatable bonds is 14. The molecule has 0 saturated heterocycles. The summed E-state index contributed by atoms with van der Waals surface area (Å²) in [5.41, 5.74) is 3.94. The van der Waals surface area contributed by atoms with Gasteiger partial charge in [0.05, 0.1) is 17.7 Å². The van der Waals surface area contributed by atoms with E-state index in [0.29, 0.717) is 12.2 Å². The normalized spacial score (nSPS) is 12.5. The molecule has 0 unspecified atom stereocenters. The summed E-state index contributed by atoms with van der Waals surface area (Å²) in [6.07, 6.45) is 0.971. The van der Waals surface area contributed by atoms with Crippen LogP contribution in [0.5, 0.6) is 5.75 Å². The van der Waals surface area contributed by atoms with Crippen molar-refractivity contribution < 1.29 is 22.7 Å². The highest BCUT2D eigenvalue weighted by Crippen LogP contribution is 2.28. The van der Waals surface area contributed by atoms with Gasteiger partial charge in [0.1, 0.15) is 18.3 Å². The van der Waals surface area contributed by atoms with Gasteiger partial charge in [0.2, 0.25) is 11.8 Å². The highest BCUT2D eigenvalue weighted by molar-refractivity contribution is 7.92. The fraction of sp³-hybridized carbons (Fsp3) is 0.297. The van der Waals surface area contributed by atoms with Gasteiger partial charge in [-0.05, 0) is 62.6 Å². The molecule has 8 nitrogen and oxygen atoms in total. The summed E-state index contributed by atoms with van der Waals surface area (Å²) in [7, 11) is -2.70. The lowest BCUT2D eigenvalue weighted by molar-refractivity contribution is -0.140. The summed E-state index contributed by atoms with van der Waals surface area (Å²) in [6.45, 7) is 7.33. The summed E-state index contributed by atoms with van der Waals surface area (Å²) in [6, 6.07) is 29.4. The minimum Gasteiger partial charge on any atom is -0.497 e. The fourth-order valence-electron chi connectivity index (χ4n) is 5.02. The van der Waals surface area contributed by atoms with E-state index in [2.05, 4.69) is 5.32 Å². The van der Waals surface area contributed by atoms with Crippen molar-refractivity contribution >= 4 is 27.5 Å². The number of methoxy groups -OCH3 is 1. The molecule has 0 aliphatic rings. The molecule has 1 N–H and O–H groups in total. The van der Waals surface area contributed by atoms with Crippen LogP contribution >= 0.6 is 0 Å². The zero-order valence-corrected chi connectivity index (χ0v) is 28.0. The summed E-state index contributed by atoms with van der Waals surface area (Å²) in [5.74, 6) is -0.368. The number of anilines is 1. The number of carbonyl (C=O) groups excluding carboxylic acids is 2. The largest absolute Gasteiger partial charge is 0.497 e. The molecule has 46 heavy (non-hydrogen) atoms. The molecule has 0 heterocycles. The number of carbonyl (C=O) groups is 2. The number of hydrogen-bond acceptors (Lipinski definition) is 5. The summed E-state index contributed by atoms with van der Waals surface area (Å²) >= 11 is 0. The Labute approximate surface area is 273 Å². The summed E-state index contributed by atoms with van der Waals surface area (Å²) in [4.78, 5) is 30.1. The number of nitrogens with one attached hydrogen (secondary N) is 1. The van der Waals surface area contributed by atoms with Gasteiger partial charge in [0, 0.05) is 25.1 Å². The van der Waals surface area contributed by atoms with Gasteiger partial charge < -0.3 is 15.0 Å². The van der Waals surface area contributed by atoms with Crippen molar-refractivity contribution in [3.8, 4) is 5.75 Å². The van der Waals surface area contributed by atoms with Gasteiger partial charge in [0.25, 0.3) is 10.0 Å². The van der Waals surface area contributed by atoms with E-state index in [1.807, 2.05) is 82.3 Å². The van der Waals surface area contributed by atoms with Gasteiger partial charge in [-0.1, -0.05) is 90.8 Å². The number of benzene rings is 4. The van der Waals surface area contributed by atoms with Crippen LogP contribution in [0.25, 0.3) is 0 Å². The minimum atomic E-state index is -4.20. The van der Waals surface area contributed by atoms with Gasteiger partial charge in [-0.25, -0.2) is 8.42 Å². The molecular weight excluding hydrogens is 598 g/mol. The predicted octanol–water partition coefficient (Wildman–Crippen LogP) is 6.06. The van der Waals surface area contributed by atoms with Crippen LogP contribution in [-0.2, 0) is 32.6 Å². The number of aryl methyl sites for hydroxylation is 2. The molecular formula is C37H43N3O5S. The Bertz CT molecular complexity index is 1710. The van der Waals surface area contributed by atoms with Crippen LogP contribution in [0, 0.1) is 13.8 Å². The summed E-state index contributed by atoms with van der Waals surface area (Å²) in [5, 5.41) is 3.06. The average Bonchev–Trinajstić information content (AvgIpc) is 3.06. The quantitative estimate of drug-likeness (QED) is 0.181. The second-order valence-corrected chi connectivity index (χ2v) is 13.4. The molecule has 4 aromatic carbocycles. The third-order valence-corrected chi connectivity index (χ3v) is 9.76. The minimum absolute atomic E-state index is 0.0501. The van der Waals surface area contributed by atoms with Crippen LogP contribution in [0.3, 0.4) is 0 Å². The molecule has 0 saturated carbocycles. The monoisotopic (exact) mass is 641 g/mol. The molecule has 4 rings (SSSR count). The molecule has 9 heteroatoms. The van der Waals surface area contributed by atoms with Crippen molar-refractivity contribution in [3.63, 3.8) is 0 Å². The van der Waals surface area contributed by atoms with Gasteiger partial charge in [-0.2, -0.15) is 0 Å². The van der Waals surface area contributed by atoms with Crippen LogP contribution < -0.4 is 14.4 Å². The first-order valence-corrected chi connectivity index (χ1v) is 16.9. The molecule has 0 spiro atoms. The number of hydrogen-bond donors (Lipinski definition) is 1. The lowest BCUT2D eigenvalue weighted by atomic mass is 10.0. The Balaban J connectivity index is 1.82. The van der Waals surface area contributed by atoms with Gasteiger partial charge in [-0.3, -0.25) is 13.9 Å². The van der Waals surface area contributed by atoms with E-state index in [1.54, 1.807) is 36.4 Å². The second-order valence-electron chi connectivity index (χ2n) is 11.6. The third-order valence-electron chi connectivity index (χ3n) is 7.97. The van der Waals surface area contributed by atoms with E-state index in [1.165, 1.54) is 24.1 Å². The number of amides is 2.